The molecule has 0 spiro atoms. The molecule has 2 N–H and O–H groups in total. The fourth-order valence-electron chi connectivity index (χ4n) is 2.00. The number of rotatable bonds is 7. The van der Waals surface area contributed by atoms with E-state index >= 15 is 0 Å². The highest BCUT2D eigenvalue weighted by atomic mass is 32.1. The molecule has 0 fully saturated rings. The fourth-order valence-corrected chi connectivity index (χ4v) is 2.97. The van der Waals surface area contributed by atoms with Crippen LogP contribution in [0.2, 0.25) is 0 Å². The molecule has 0 aliphatic rings. The first-order valence-electron chi connectivity index (χ1n) is 6.89. The lowest BCUT2D eigenvalue weighted by Gasteiger charge is -2.25. The van der Waals surface area contributed by atoms with Crippen LogP contribution in [0.5, 0.6) is 0 Å². The quantitative estimate of drug-likeness (QED) is 0.810. The third kappa shape index (κ3) is 4.96. The molecule has 5 heteroatoms. The first-order chi connectivity index (χ1) is 9.25. The molecular weight excluding hydrogens is 274 g/mol. The summed E-state index contributed by atoms with van der Waals surface area (Å²) in [6, 6.07) is 1.95. The summed E-state index contributed by atoms with van der Waals surface area (Å²) in [5.74, 6) is -0.958. The number of thiophene rings is 1. The molecule has 4 nitrogen and oxygen atoms in total. The lowest BCUT2D eigenvalue weighted by molar-refractivity contribution is -0.137. The second kappa shape index (κ2) is 6.88. The van der Waals surface area contributed by atoms with Crippen LogP contribution in [0, 0.1) is 6.92 Å². The SMILES string of the molecule is CCCc1cc(C(=O)NC(C)(C)CCC(=O)O)sc1C. The molecule has 0 saturated heterocycles. The third-order valence-corrected chi connectivity index (χ3v) is 4.27. The minimum Gasteiger partial charge on any atom is -0.481 e. The zero-order chi connectivity index (χ0) is 15.3. The monoisotopic (exact) mass is 297 g/mol. The van der Waals surface area contributed by atoms with Gasteiger partial charge in [0.1, 0.15) is 0 Å². The summed E-state index contributed by atoms with van der Waals surface area (Å²) in [7, 11) is 0. The van der Waals surface area contributed by atoms with E-state index in [1.54, 1.807) is 0 Å². The highest BCUT2D eigenvalue weighted by Gasteiger charge is 2.23. The molecule has 0 saturated carbocycles. The Labute approximate surface area is 124 Å². The molecule has 0 radical (unpaired) electrons. The van der Waals surface area contributed by atoms with Gasteiger partial charge in [-0.25, -0.2) is 0 Å². The van der Waals surface area contributed by atoms with Crippen molar-refractivity contribution < 1.29 is 14.7 Å². The molecular formula is C15H23NO3S. The number of aliphatic carboxylic acids is 1. The molecule has 1 aromatic rings. The highest BCUT2D eigenvalue weighted by Crippen LogP contribution is 2.23. The Balaban J connectivity index is 2.70. The number of amides is 1. The van der Waals surface area contributed by atoms with Crippen LogP contribution in [0.3, 0.4) is 0 Å². The Morgan fingerprint density at radius 1 is 1.40 bits per heavy atom. The Morgan fingerprint density at radius 3 is 2.60 bits per heavy atom. The Kier molecular flexibility index (Phi) is 5.74. The van der Waals surface area contributed by atoms with Gasteiger partial charge >= 0.3 is 5.97 Å². The Hall–Kier alpha value is -1.36. The first kappa shape index (κ1) is 16.7. The van der Waals surface area contributed by atoms with E-state index < -0.39 is 11.5 Å². The van der Waals surface area contributed by atoms with Crippen LogP contribution in [0.4, 0.5) is 0 Å². The number of hydrogen-bond acceptors (Lipinski definition) is 3. The number of nitrogens with one attached hydrogen (secondary N) is 1. The summed E-state index contributed by atoms with van der Waals surface area (Å²) >= 11 is 1.50. The average molecular weight is 297 g/mol. The van der Waals surface area contributed by atoms with Gasteiger partial charge in [-0.3, -0.25) is 9.59 Å². The van der Waals surface area contributed by atoms with Gasteiger partial charge in [-0.1, -0.05) is 13.3 Å². The summed E-state index contributed by atoms with van der Waals surface area (Å²) in [5, 5.41) is 11.6. The first-order valence-corrected chi connectivity index (χ1v) is 7.70. The van der Waals surface area contributed by atoms with Crippen LogP contribution < -0.4 is 5.32 Å². The van der Waals surface area contributed by atoms with Gasteiger partial charge < -0.3 is 10.4 Å². The topological polar surface area (TPSA) is 66.4 Å². The standard InChI is InChI=1S/C15H23NO3S/c1-5-6-11-9-12(20-10(11)2)14(19)16-15(3,4)8-7-13(17)18/h9H,5-8H2,1-4H3,(H,16,19)(H,17,18). The van der Waals surface area contributed by atoms with E-state index in [1.807, 2.05) is 26.8 Å². The highest BCUT2D eigenvalue weighted by molar-refractivity contribution is 7.14. The summed E-state index contributed by atoms with van der Waals surface area (Å²) in [6.07, 6.45) is 2.51. The van der Waals surface area contributed by atoms with Gasteiger partial charge in [0.05, 0.1) is 4.88 Å². The second-order valence-electron chi connectivity index (χ2n) is 5.67. The molecule has 1 heterocycles. The fraction of sp³-hybridized carbons (Fsp3) is 0.600. The molecule has 1 aromatic heterocycles. The second-order valence-corrected chi connectivity index (χ2v) is 6.93. The van der Waals surface area contributed by atoms with Crippen molar-refractivity contribution in [1.29, 1.82) is 0 Å². The number of aryl methyl sites for hydroxylation is 2. The largest absolute Gasteiger partial charge is 0.481 e. The Bertz CT molecular complexity index is 491. The number of carbonyl (C=O) groups is 2. The van der Waals surface area contributed by atoms with Crippen LogP contribution in [0.15, 0.2) is 6.07 Å². The van der Waals surface area contributed by atoms with Gasteiger partial charge in [-0.2, -0.15) is 0 Å². The molecule has 20 heavy (non-hydrogen) atoms. The average Bonchev–Trinajstić information content (AvgIpc) is 2.69. The molecule has 1 rings (SSSR count). The number of carbonyl (C=O) groups excluding carboxylic acids is 1. The van der Waals surface area contributed by atoms with Gasteiger partial charge in [0.25, 0.3) is 5.91 Å². The Morgan fingerprint density at radius 2 is 2.05 bits per heavy atom. The van der Waals surface area contributed by atoms with E-state index in [0.717, 1.165) is 12.8 Å². The maximum atomic E-state index is 12.2. The van der Waals surface area contributed by atoms with Gasteiger partial charge in [-0.15, -0.1) is 11.3 Å². The zero-order valence-corrected chi connectivity index (χ0v) is 13.4. The van der Waals surface area contributed by atoms with E-state index in [4.69, 9.17) is 5.11 Å². The predicted molar refractivity (Wildman–Crippen MR) is 81.5 cm³/mol. The van der Waals surface area contributed by atoms with E-state index in [0.29, 0.717) is 11.3 Å². The van der Waals surface area contributed by atoms with Crippen LogP contribution in [-0.4, -0.2) is 22.5 Å². The van der Waals surface area contributed by atoms with Crippen molar-refractivity contribution in [3.63, 3.8) is 0 Å². The maximum Gasteiger partial charge on any atom is 0.303 e. The molecule has 1 amide bonds. The van der Waals surface area contributed by atoms with Crippen molar-refractivity contribution in [3.8, 4) is 0 Å². The van der Waals surface area contributed by atoms with Crippen molar-refractivity contribution in [2.45, 2.75) is 58.9 Å². The molecule has 0 aliphatic carbocycles. The summed E-state index contributed by atoms with van der Waals surface area (Å²) in [6.45, 7) is 7.84. The van der Waals surface area contributed by atoms with Crippen LogP contribution in [0.1, 0.15) is 60.1 Å². The molecule has 0 aliphatic heterocycles. The van der Waals surface area contributed by atoms with Gasteiger partial charge in [-0.05, 0) is 45.2 Å². The van der Waals surface area contributed by atoms with E-state index in [9.17, 15) is 9.59 Å². The van der Waals surface area contributed by atoms with Crippen molar-refractivity contribution in [2.24, 2.45) is 0 Å². The molecule has 0 unspecified atom stereocenters. The number of carboxylic acids is 1. The van der Waals surface area contributed by atoms with Gasteiger partial charge in [0, 0.05) is 16.8 Å². The molecule has 0 aromatic carbocycles. The van der Waals surface area contributed by atoms with Crippen LogP contribution >= 0.6 is 11.3 Å². The van der Waals surface area contributed by atoms with Crippen LogP contribution in [-0.2, 0) is 11.2 Å². The summed E-state index contributed by atoms with van der Waals surface area (Å²) in [5.41, 5.74) is 0.712. The smallest absolute Gasteiger partial charge is 0.303 e. The predicted octanol–water partition coefficient (Wildman–Crippen LogP) is 3.38. The van der Waals surface area contributed by atoms with Crippen molar-refractivity contribution in [1.82, 2.24) is 5.32 Å². The zero-order valence-electron chi connectivity index (χ0n) is 12.6. The lowest BCUT2D eigenvalue weighted by atomic mass is 9.98. The number of hydrogen-bond donors (Lipinski definition) is 2. The van der Waals surface area contributed by atoms with Crippen molar-refractivity contribution >= 4 is 23.2 Å². The molecule has 0 bridgehead atoms. The molecule has 0 atom stereocenters. The normalized spacial score (nSPS) is 11.4. The van der Waals surface area contributed by atoms with E-state index in [2.05, 4.69) is 12.2 Å². The van der Waals surface area contributed by atoms with Crippen molar-refractivity contribution in [3.05, 3.63) is 21.4 Å². The van der Waals surface area contributed by atoms with Crippen molar-refractivity contribution in [2.75, 3.05) is 0 Å². The van der Waals surface area contributed by atoms with E-state index in [1.165, 1.54) is 21.8 Å². The number of carboxylic acid groups (broad SMARTS) is 1. The summed E-state index contributed by atoms with van der Waals surface area (Å²) in [4.78, 5) is 24.7. The maximum absolute atomic E-state index is 12.2. The third-order valence-electron chi connectivity index (χ3n) is 3.18. The summed E-state index contributed by atoms with van der Waals surface area (Å²) < 4.78 is 0. The lowest BCUT2D eigenvalue weighted by Crippen LogP contribution is -2.43. The minimum atomic E-state index is -0.843. The van der Waals surface area contributed by atoms with Gasteiger partial charge in [0.15, 0.2) is 0 Å². The van der Waals surface area contributed by atoms with Crippen LogP contribution in [0.25, 0.3) is 0 Å². The van der Waals surface area contributed by atoms with E-state index in [-0.39, 0.29) is 12.3 Å². The minimum absolute atomic E-state index is 0.0534. The molecule has 112 valence electrons. The van der Waals surface area contributed by atoms with Gasteiger partial charge in [0.2, 0.25) is 0 Å².